The quantitative estimate of drug-likeness (QED) is 0.497. The van der Waals surface area contributed by atoms with Crippen LogP contribution in [0.25, 0.3) is 27.8 Å². The molecule has 0 amide bonds. The molecule has 0 radical (unpaired) electrons. The molecule has 0 saturated heterocycles. The van der Waals surface area contributed by atoms with E-state index in [9.17, 15) is 4.79 Å². The Hall–Kier alpha value is -4.07. The molecular formula is C22H18N6O2. The number of fused-ring (bicyclic) bond motifs is 2. The summed E-state index contributed by atoms with van der Waals surface area (Å²) in [5.74, 6) is 0.804. The summed E-state index contributed by atoms with van der Waals surface area (Å²) in [5, 5.41) is 0.592. The Morgan fingerprint density at radius 1 is 1.03 bits per heavy atom. The van der Waals surface area contributed by atoms with Gasteiger partial charge in [0.05, 0.1) is 22.9 Å². The van der Waals surface area contributed by atoms with Crippen LogP contribution < -0.4 is 10.3 Å². The predicted molar refractivity (Wildman–Crippen MR) is 113 cm³/mol. The third-order valence-corrected chi connectivity index (χ3v) is 4.98. The molecule has 0 saturated carbocycles. The van der Waals surface area contributed by atoms with Gasteiger partial charge in [-0.15, -0.1) is 0 Å². The molecule has 148 valence electrons. The summed E-state index contributed by atoms with van der Waals surface area (Å²) in [4.78, 5) is 33.8. The average Bonchev–Trinajstić information content (AvgIpc) is 3.24. The molecule has 5 aromatic rings. The fourth-order valence-corrected chi connectivity index (χ4v) is 3.56. The van der Waals surface area contributed by atoms with Crippen molar-refractivity contribution in [2.45, 2.75) is 20.0 Å². The minimum atomic E-state index is -0.572. The number of aromatic nitrogens is 6. The Bertz CT molecular complexity index is 1420. The number of nitrogens with zero attached hydrogens (tertiary/aromatic N) is 5. The Balaban J connectivity index is 1.71. The van der Waals surface area contributed by atoms with E-state index in [0.717, 1.165) is 11.3 Å². The van der Waals surface area contributed by atoms with Gasteiger partial charge in [0.25, 0.3) is 5.56 Å². The number of rotatable bonds is 4. The number of hydrogen-bond acceptors (Lipinski definition) is 6. The molecule has 1 atom stereocenters. The highest BCUT2D eigenvalue weighted by Gasteiger charge is 2.21. The van der Waals surface area contributed by atoms with E-state index in [0.29, 0.717) is 33.8 Å². The van der Waals surface area contributed by atoms with Crippen LogP contribution in [0.15, 0.2) is 66.0 Å². The van der Waals surface area contributed by atoms with Gasteiger partial charge < -0.3 is 9.72 Å². The molecule has 30 heavy (non-hydrogen) atoms. The zero-order chi connectivity index (χ0) is 20.7. The van der Waals surface area contributed by atoms with Crippen LogP contribution in [-0.2, 0) is 0 Å². The zero-order valence-corrected chi connectivity index (χ0v) is 16.4. The lowest BCUT2D eigenvalue weighted by Crippen LogP contribution is -2.27. The lowest BCUT2D eigenvalue weighted by Gasteiger charge is -2.19. The van der Waals surface area contributed by atoms with E-state index >= 15 is 0 Å². The first kappa shape index (κ1) is 18.0. The molecule has 0 bridgehead atoms. The van der Waals surface area contributed by atoms with Crippen molar-refractivity contribution < 1.29 is 4.74 Å². The van der Waals surface area contributed by atoms with Crippen molar-refractivity contribution in [1.29, 1.82) is 0 Å². The molecule has 1 unspecified atom stereocenters. The summed E-state index contributed by atoms with van der Waals surface area (Å²) < 4.78 is 7.71. The maximum absolute atomic E-state index is 13.5. The number of hydrogen-bond donors (Lipinski definition) is 1. The normalized spacial score (nSPS) is 12.3. The first-order valence-electron chi connectivity index (χ1n) is 9.52. The molecule has 0 aliphatic rings. The number of ether oxygens (including phenoxy) is 1. The van der Waals surface area contributed by atoms with Crippen molar-refractivity contribution >= 4 is 22.1 Å². The Morgan fingerprint density at radius 2 is 1.87 bits per heavy atom. The van der Waals surface area contributed by atoms with Gasteiger partial charge in [0.15, 0.2) is 23.1 Å². The van der Waals surface area contributed by atoms with Crippen molar-refractivity contribution in [2.24, 2.45) is 0 Å². The molecule has 5 rings (SSSR count). The molecule has 8 nitrogen and oxygen atoms in total. The van der Waals surface area contributed by atoms with Crippen LogP contribution in [0, 0.1) is 6.92 Å². The number of H-pyrrole nitrogens is 1. The molecule has 3 aromatic heterocycles. The minimum absolute atomic E-state index is 0.137. The second-order valence-electron chi connectivity index (χ2n) is 6.95. The summed E-state index contributed by atoms with van der Waals surface area (Å²) in [6.07, 6.45) is 2.37. The van der Waals surface area contributed by atoms with E-state index in [1.165, 1.54) is 12.7 Å². The number of nitrogens with one attached hydrogen (secondary N) is 1. The fourth-order valence-electron chi connectivity index (χ4n) is 3.56. The van der Waals surface area contributed by atoms with Crippen molar-refractivity contribution in [3.05, 3.63) is 82.9 Å². The van der Waals surface area contributed by atoms with Crippen LogP contribution >= 0.6 is 0 Å². The Kier molecular flexibility index (Phi) is 4.24. The van der Waals surface area contributed by atoms with Gasteiger partial charge in [0.1, 0.15) is 6.33 Å². The third kappa shape index (κ3) is 2.89. The Labute approximate surface area is 171 Å². The summed E-state index contributed by atoms with van der Waals surface area (Å²) in [5.41, 5.74) is 3.19. The molecule has 0 spiro atoms. The summed E-state index contributed by atoms with van der Waals surface area (Å²) >= 11 is 0. The number of benzene rings is 2. The van der Waals surface area contributed by atoms with Crippen LogP contribution in [-0.4, -0.2) is 29.5 Å². The fraction of sp³-hybridized carbons (Fsp3) is 0.136. The van der Waals surface area contributed by atoms with Crippen LogP contribution in [0.5, 0.6) is 5.88 Å². The monoisotopic (exact) mass is 398 g/mol. The maximum Gasteiger partial charge on any atom is 0.266 e. The van der Waals surface area contributed by atoms with Gasteiger partial charge in [0, 0.05) is 0 Å². The molecule has 2 aromatic carbocycles. The van der Waals surface area contributed by atoms with Crippen molar-refractivity contribution in [3.8, 4) is 11.6 Å². The minimum Gasteiger partial charge on any atom is -0.465 e. The van der Waals surface area contributed by atoms with Crippen molar-refractivity contribution in [2.75, 3.05) is 0 Å². The van der Waals surface area contributed by atoms with E-state index in [1.54, 1.807) is 4.57 Å². The highest BCUT2D eigenvalue weighted by atomic mass is 16.5. The number of aromatic amines is 1. The highest BCUT2D eigenvalue weighted by Crippen LogP contribution is 2.26. The number of para-hydroxylation sites is 1. The molecule has 1 N–H and O–H groups in total. The smallest absolute Gasteiger partial charge is 0.266 e. The van der Waals surface area contributed by atoms with Gasteiger partial charge >= 0.3 is 0 Å². The largest absolute Gasteiger partial charge is 0.465 e. The van der Waals surface area contributed by atoms with Crippen LogP contribution in [0.4, 0.5) is 0 Å². The second kappa shape index (κ2) is 7.07. The maximum atomic E-state index is 13.5. The van der Waals surface area contributed by atoms with Crippen molar-refractivity contribution in [3.63, 3.8) is 0 Å². The Morgan fingerprint density at radius 3 is 2.70 bits per heavy atom. The average molecular weight is 398 g/mol. The van der Waals surface area contributed by atoms with E-state index < -0.39 is 6.10 Å². The van der Waals surface area contributed by atoms with Crippen LogP contribution in [0.2, 0.25) is 0 Å². The van der Waals surface area contributed by atoms with Gasteiger partial charge in [-0.05, 0) is 37.6 Å². The van der Waals surface area contributed by atoms with Crippen LogP contribution in [0.1, 0.15) is 24.4 Å². The van der Waals surface area contributed by atoms with Gasteiger partial charge in [-0.3, -0.25) is 9.36 Å². The molecule has 0 aliphatic carbocycles. The first-order valence-corrected chi connectivity index (χ1v) is 9.52. The van der Waals surface area contributed by atoms with E-state index in [2.05, 4.69) is 19.9 Å². The molecular weight excluding hydrogens is 380 g/mol. The van der Waals surface area contributed by atoms with Crippen molar-refractivity contribution in [1.82, 2.24) is 29.5 Å². The first-order chi connectivity index (χ1) is 14.6. The molecule has 3 heterocycles. The SMILES string of the molecule is Cc1cccc2nc(C(C)Oc3ncnc4[nH]cnc34)n(-c3ccccc3)c(=O)c12. The third-order valence-electron chi connectivity index (χ3n) is 4.98. The zero-order valence-electron chi connectivity index (χ0n) is 16.4. The van der Waals surface area contributed by atoms with E-state index in [-0.39, 0.29) is 5.56 Å². The summed E-state index contributed by atoms with van der Waals surface area (Å²) in [6, 6.07) is 15.1. The lowest BCUT2D eigenvalue weighted by molar-refractivity contribution is 0.207. The summed E-state index contributed by atoms with van der Waals surface area (Å²) in [7, 11) is 0. The van der Waals surface area contributed by atoms with E-state index in [1.807, 2.05) is 62.4 Å². The molecule has 8 heteroatoms. The number of aryl methyl sites for hydroxylation is 1. The van der Waals surface area contributed by atoms with Crippen LogP contribution in [0.3, 0.4) is 0 Å². The second-order valence-corrected chi connectivity index (χ2v) is 6.95. The van der Waals surface area contributed by atoms with Gasteiger partial charge in [-0.25, -0.2) is 15.0 Å². The molecule has 0 aliphatic heterocycles. The topological polar surface area (TPSA) is 98.6 Å². The standard InChI is InChI=1S/C22H18N6O2/c1-13-7-6-10-16-17(13)22(29)28(15-8-4-3-5-9-15)20(27-16)14(2)30-21-18-19(24-11-23-18)25-12-26-21/h3-12,14H,1-2H3,(H,23,24,25,26). The van der Waals surface area contributed by atoms with Gasteiger partial charge in [-0.2, -0.15) is 4.98 Å². The van der Waals surface area contributed by atoms with Gasteiger partial charge in [-0.1, -0.05) is 30.3 Å². The summed E-state index contributed by atoms with van der Waals surface area (Å²) in [6.45, 7) is 3.75. The van der Waals surface area contributed by atoms with E-state index in [4.69, 9.17) is 9.72 Å². The lowest BCUT2D eigenvalue weighted by atomic mass is 10.1. The predicted octanol–water partition coefficient (Wildman–Crippen LogP) is 3.50. The highest BCUT2D eigenvalue weighted by molar-refractivity contribution is 5.81. The number of imidazole rings is 1. The molecule has 0 fully saturated rings. The van der Waals surface area contributed by atoms with Gasteiger partial charge in [0.2, 0.25) is 5.88 Å².